The van der Waals surface area contributed by atoms with E-state index in [2.05, 4.69) is 29.4 Å². The molecule has 0 aromatic heterocycles. The van der Waals surface area contributed by atoms with Crippen LogP contribution >= 0.6 is 11.8 Å². The molecular weight excluding hydrogens is 386 g/mol. The average Bonchev–Trinajstić information content (AvgIpc) is 2.71. The van der Waals surface area contributed by atoms with Gasteiger partial charge in [-0.3, -0.25) is 14.5 Å². The molecule has 162 valence electrons. The molecule has 0 bridgehead atoms. The summed E-state index contributed by atoms with van der Waals surface area (Å²) in [6, 6.07) is 8.04. The van der Waals surface area contributed by atoms with E-state index in [9.17, 15) is 9.59 Å². The van der Waals surface area contributed by atoms with Gasteiger partial charge in [0.15, 0.2) is 0 Å². The van der Waals surface area contributed by atoms with Crippen molar-refractivity contribution < 1.29 is 14.3 Å². The maximum absolute atomic E-state index is 12.3. The minimum absolute atomic E-state index is 0.0115. The van der Waals surface area contributed by atoms with Gasteiger partial charge in [-0.25, -0.2) is 0 Å². The van der Waals surface area contributed by atoms with Crippen LogP contribution in [-0.2, 0) is 14.3 Å². The third kappa shape index (κ3) is 8.36. The molecule has 1 aromatic carbocycles. The van der Waals surface area contributed by atoms with Gasteiger partial charge in [-0.05, 0) is 30.5 Å². The molecule has 7 heteroatoms. The lowest BCUT2D eigenvalue weighted by atomic mass is 9.92. The molecule has 1 unspecified atom stereocenters. The monoisotopic (exact) mass is 421 g/mol. The van der Waals surface area contributed by atoms with Gasteiger partial charge in [-0.15, -0.1) is 11.8 Å². The zero-order valence-corrected chi connectivity index (χ0v) is 18.7. The van der Waals surface area contributed by atoms with Gasteiger partial charge in [0.2, 0.25) is 11.8 Å². The highest BCUT2D eigenvalue weighted by Crippen LogP contribution is 2.19. The number of thioether (sulfide) groups is 1. The highest BCUT2D eigenvalue weighted by Gasteiger charge is 2.27. The Balaban J connectivity index is 1.73. The van der Waals surface area contributed by atoms with Crippen LogP contribution in [0.25, 0.3) is 0 Å². The highest BCUT2D eigenvalue weighted by molar-refractivity contribution is 8.00. The van der Waals surface area contributed by atoms with Crippen LogP contribution in [0, 0.1) is 12.8 Å². The first-order chi connectivity index (χ1) is 14.0. The average molecular weight is 422 g/mol. The summed E-state index contributed by atoms with van der Waals surface area (Å²) in [4.78, 5) is 26.8. The SMILES string of the molecule is CCC(CC)C(CNC(=O)CSCC(=O)Nc1cccc(C)c1)N1CCOCC1. The second-order valence-corrected chi connectivity index (χ2v) is 8.49. The van der Waals surface area contributed by atoms with Crippen LogP contribution in [0.5, 0.6) is 0 Å². The molecule has 1 saturated heterocycles. The van der Waals surface area contributed by atoms with Crippen LogP contribution in [-0.4, -0.2) is 67.1 Å². The Morgan fingerprint density at radius 3 is 2.48 bits per heavy atom. The van der Waals surface area contributed by atoms with E-state index in [-0.39, 0.29) is 17.6 Å². The molecule has 0 radical (unpaired) electrons. The van der Waals surface area contributed by atoms with Crippen molar-refractivity contribution in [3.05, 3.63) is 29.8 Å². The lowest BCUT2D eigenvalue weighted by Gasteiger charge is -2.38. The summed E-state index contributed by atoms with van der Waals surface area (Å²) < 4.78 is 5.48. The number of hydrogen-bond donors (Lipinski definition) is 2. The maximum atomic E-state index is 12.3. The van der Waals surface area contributed by atoms with Gasteiger partial charge >= 0.3 is 0 Å². The number of amides is 2. The smallest absolute Gasteiger partial charge is 0.234 e. The summed E-state index contributed by atoms with van der Waals surface area (Å²) >= 11 is 1.34. The minimum Gasteiger partial charge on any atom is -0.379 e. The van der Waals surface area contributed by atoms with Crippen molar-refractivity contribution in [1.82, 2.24) is 10.2 Å². The second-order valence-electron chi connectivity index (χ2n) is 7.51. The van der Waals surface area contributed by atoms with Crippen molar-refractivity contribution in [3.8, 4) is 0 Å². The Kier molecular flexibility index (Phi) is 10.5. The number of ether oxygens (including phenoxy) is 1. The van der Waals surface area contributed by atoms with E-state index in [1.54, 1.807) is 0 Å². The van der Waals surface area contributed by atoms with Crippen molar-refractivity contribution in [2.45, 2.75) is 39.7 Å². The van der Waals surface area contributed by atoms with Crippen LogP contribution in [0.1, 0.15) is 32.3 Å². The van der Waals surface area contributed by atoms with Gasteiger partial charge in [-0.2, -0.15) is 0 Å². The largest absolute Gasteiger partial charge is 0.379 e. The molecule has 1 atom stereocenters. The summed E-state index contributed by atoms with van der Waals surface area (Å²) in [5.74, 6) is 1.01. The molecule has 1 aliphatic rings. The van der Waals surface area contributed by atoms with Crippen molar-refractivity contribution in [2.75, 3.05) is 49.7 Å². The molecule has 1 aliphatic heterocycles. The molecule has 2 amide bonds. The van der Waals surface area contributed by atoms with Gasteiger partial charge < -0.3 is 15.4 Å². The number of aryl methyl sites for hydroxylation is 1. The predicted octanol–water partition coefficient (Wildman–Crippen LogP) is 2.92. The third-order valence-electron chi connectivity index (χ3n) is 5.38. The molecule has 1 heterocycles. The number of nitrogens with zero attached hydrogens (tertiary/aromatic N) is 1. The summed E-state index contributed by atoms with van der Waals surface area (Å²) in [7, 11) is 0. The number of benzene rings is 1. The van der Waals surface area contributed by atoms with Gasteiger partial charge in [-0.1, -0.05) is 38.8 Å². The molecule has 2 N–H and O–H groups in total. The fourth-order valence-electron chi connectivity index (χ4n) is 3.76. The van der Waals surface area contributed by atoms with Crippen LogP contribution in [0.2, 0.25) is 0 Å². The van der Waals surface area contributed by atoms with E-state index < -0.39 is 0 Å². The number of anilines is 1. The summed E-state index contributed by atoms with van der Waals surface area (Å²) in [5.41, 5.74) is 1.89. The Labute approximate surface area is 179 Å². The molecule has 29 heavy (non-hydrogen) atoms. The summed E-state index contributed by atoms with van der Waals surface area (Å²) in [6.45, 7) is 10.4. The van der Waals surface area contributed by atoms with Gasteiger partial charge in [0.05, 0.1) is 24.7 Å². The first-order valence-electron chi connectivity index (χ1n) is 10.6. The quantitative estimate of drug-likeness (QED) is 0.575. The number of rotatable bonds is 11. The lowest BCUT2D eigenvalue weighted by Crippen LogP contribution is -2.52. The number of hydrogen-bond acceptors (Lipinski definition) is 5. The van der Waals surface area contributed by atoms with E-state index in [0.717, 1.165) is 50.4 Å². The normalized spacial score (nSPS) is 15.9. The fraction of sp³-hybridized carbons (Fsp3) is 0.636. The van der Waals surface area contributed by atoms with E-state index in [0.29, 0.717) is 24.3 Å². The van der Waals surface area contributed by atoms with Crippen molar-refractivity contribution >= 4 is 29.3 Å². The summed E-state index contributed by atoms with van der Waals surface area (Å²) in [6.07, 6.45) is 2.20. The molecule has 1 fully saturated rings. The van der Waals surface area contributed by atoms with E-state index in [4.69, 9.17) is 4.74 Å². The van der Waals surface area contributed by atoms with Crippen LogP contribution in [0.4, 0.5) is 5.69 Å². The zero-order chi connectivity index (χ0) is 21.1. The molecular formula is C22H35N3O3S. The van der Waals surface area contributed by atoms with Crippen molar-refractivity contribution in [1.29, 1.82) is 0 Å². The van der Waals surface area contributed by atoms with Crippen LogP contribution in [0.15, 0.2) is 24.3 Å². The molecule has 6 nitrogen and oxygen atoms in total. The molecule has 2 rings (SSSR count). The van der Waals surface area contributed by atoms with Gasteiger partial charge in [0.25, 0.3) is 0 Å². The Morgan fingerprint density at radius 1 is 1.14 bits per heavy atom. The Bertz CT molecular complexity index is 646. The van der Waals surface area contributed by atoms with Crippen molar-refractivity contribution in [3.63, 3.8) is 0 Å². The van der Waals surface area contributed by atoms with Crippen LogP contribution in [0.3, 0.4) is 0 Å². The first kappa shape index (κ1) is 23.7. The van der Waals surface area contributed by atoms with E-state index in [1.807, 2.05) is 31.2 Å². The predicted molar refractivity (Wildman–Crippen MR) is 120 cm³/mol. The Morgan fingerprint density at radius 2 is 1.83 bits per heavy atom. The summed E-state index contributed by atoms with van der Waals surface area (Å²) in [5, 5.41) is 5.96. The minimum atomic E-state index is -0.0865. The molecule has 0 aliphatic carbocycles. The molecule has 0 saturated carbocycles. The van der Waals surface area contributed by atoms with Crippen molar-refractivity contribution in [2.24, 2.45) is 5.92 Å². The lowest BCUT2D eigenvalue weighted by molar-refractivity contribution is -0.119. The van der Waals surface area contributed by atoms with E-state index >= 15 is 0 Å². The number of carbonyl (C=O) groups is 2. The topological polar surface area (TPSA) is 70.7 Å². The second kappa shape index (κ2) is 12.9. The molecule has 0 spiro atoms. The molecule has 1 aromatic rings. The Hall–Kier alpha value is -1.57. The highest BCUT2D eigenvalue weighted by atomic mass is 32.2. The van der Waals surface area contributed by atoms with Crippen LogP contribution < -0.4 is 10.6 Å². The number of carbonyl (C=O) groups excluding carboxylic acids is 2. The van der Waals surface area contributed by atoms with Gasteiger partial charge in [0, 0.05) is 31.4 Å². The zero-order valence-electron chi connectivity index (χ0n) is 17.9. The van der Waals surface area contributed by atoms with E-state index in [1.165, 1.54) is 11.8 Å². The first-order valence-corrected chi connectivity index (χ1v) is 11.7. The van der Waals surface area contributed by atoms with Gasteiger partial charge in [0.1, 0.15) is 0 Å². The standard InChI is InChI=1S/C22H35N3O3S/c1-4-18(5-2)20(25-9-11-28-12-10-25)14-23-21(26)15-29-16-22(27)24-19-8-6-7-17(3)13-19/h6-8,13,18,20H,4-5,9-12,14-16H2,1-3H3,(H,23,26)(H,24,27). The maximum Gasteiger partial charge on any atom is 0.234 e. The number of morpholine rings is 1. The third-order valence-corrected chi connectivity index (χ3v) is 6.32. The fourth-order valence-corrected chi connectivity index (χ4v) is 4.41. The number of nitrogens with one attached hydrogen (secondary N) is 2.